The van der Waals surface area contributed by atoms with Crippen molar-refractivity contribution in [1.29, 1.82) is 0 Å². The first-order chi connectivity index (χ1) is 16.8. The first-order valence-corrected chi connectivity index (χ1v) is 12.4. The highest BCUT2D eigenvalue weighted by Crippen LogP contribution is 2.16. The van der Waals surface area contributed by atoms with E-state index < -0.39 is 0 Å². The average Bonchev–Trinajstić information content (AvgIpc) is 2.83. The number of rotatable bonds is 11. The molecule has 0 aliphatic rings. The zero-order valence-electron chi connectivity index (χ0n) is 21.3. The lowest BCUT2D eigenvalue weighted by atomic mass is 10.1. The van der Waals surface area contributed by atoms with Gasteiger partial charge in [0.2, 0.25) is 11.8 Å². The fraction of sp³-hybridized carbons (Fsp3) is 0.414. The van der Waals surface area contributed by atoms with Crippen LogP contribution < -0.4 is 5.43 Å². The summed E-state index contributed by atoms with van der Waals surface area (Å²) < 4.78 is 5.72. The number of aryl methyl sites for hydroxylation is 1. The maximum Gasteiger partial charge on any atom is 0.242 e. The molecule has 3 rings (SSSR count). The van der Waals surface area contributed by atoms with E-state index in [1.165, 1.54) is 6.26 Å². The molecule has 0 atom stereocenters. The maximum atomic E-state index is 13.5. The number of amides is 2. The van der Waals surface area contributed by atoms with Gasteiger partial charge in [-0.2, -0.15) is 0 Å². The standard InChI is InChI=1S/C29H36N2O4/c1-5-9-27(32)30(15-14-21(2)3)19-28(33)31(17-23-10-7-6-8-11-23)18-24-20-35-26-13-12-22(4)16-25(26)29(24)34/h6-8,10-13,16,20-21H,5,9,14-15,17-19H2,1-4H3. The molecule has 6 heteroatoms. The van der Waals surface area contributed by atoms with Crippen molar-refractivity contribution in [3.63, 3.8) is 0 Å². The van der Waals surface area contributed by atoms with Crippen LogP contribution in [0.1, 0.15) is 56.7 Å². The van der Waals surface area contributed by atoms with Crippen molar-refractivity contribution >= 4 is 22.8 Å². The summed E-state index contributed by atoms with van der Waals surface area (Å²) in [6.07, 6.45) is 3.42. The van der Waals surface area contributed by atoms with Crippen LogP contribution in [0.2, 0.25) is 0 Å². The molecule has 2 amide bonds. The Morgan fingerprint density at radius 1 is 0.971 bits per heavy atom. The van der Waals surface area contributed by atoms with E-state index in [1.807, 2.05) is 56.3 Å². The molecule has 0 spiro atoms. The summed E-state index contributed by atoms with van der Waals surface area (Å²) in [5.41, 5.74) is 2.72. The minimum absolute atomic E-state index is 0.00356. The van der Waals surface area contributed by atoms with Crippen LogP contribution in [0.15, 0.2) is 64.0 Å². The lowest BCUT2D eigenvalue weighted by molar-refractivity contribution is -0.141. The Morgan fingerprint density at radius 3 is 2.40 bits per heavy atom. The second-order valence-corrected chi connectivity index (χ2v) is 9.57. The van der Waals surface area contributed by atoms with Gasteiger partial charge >= 0.3 is 0 Å². The van der Waals surface area contributed by atoms with Crippen molar-refractivity contribution in [3.05, 3.63) is 81.7 Å². The van der Waals surface area contributed by atoms with Crippen molar-refractivity contribution in [2.24, 2.45) is 5.92 Å². The molecule has 186 valence electrons. The normalized spacial score (nSPS) is 11.1. The summed E-state index contributed by atoms with van der Waals surface area (Å²) in [5, 5.41) is 0.506. The monoisotopic (exact) mass is 476 g/mol. The molecule has 0 aliphatic heterocycles. The topological polar surface area (TPSA) is 70.8 Å². The zero-order chi connectivity index (χ0) is 25.4. The summed E-state index contributed by atoms with van der Waals surface area (Å²) in [4.78, 5) is 42.8. The molecule has 0 unspecified atom stereocenters. The van der Waals surface area contributed by atoms with E-state index in [0.717, 1.165) is 24.0 Å². The van der Waals surface area contributed by atoms with E-state index in [2.05, 4.69) is 13.8 Å². The Kier molecular flexibility index (Phi) is 9.24. The Hall–Kier alpha value is -3.41. The summed E-state index contributed by atoms with van der Waals surface area (Å²) in [6.45, 7) is 9.08. The van der Waals surface area contributed by atoms with Gasteiger partial charge in [-0.15, -0.1) is 0 Å². The van der Waals surface area contributed by atoms with Gasteiger partial charge in [0.05, 0.1) is 30.3 Å². The molecule has 0 radical (unpaired) electrons. The molecule has 0 saturated carbocycles. The summed E-state index contributed by atoms with van der Waals surface area (Å²) in [5.74, 6) is 0.223. The number of carbonyl (C=O) groups excluding carboxylic acids is 2. The van der Waals surface area contributed by atoms with Gasteiger partial charge in [-0.05, 0) is 43.4 Å². The van der Waals surface area contributed by atoms with Crippen LogP contribution in [0, 0.1) is 12.8 Å². The van der Waals surface area contributed by atoms with Gasteiger partial charge in [0.25, 0.3) is 0 Å². The largest absolute Gasteiger partial charge is 0.464 e. The fourth-order valence-corrected chi connectivity index (χ4v) is 3.98. The van der Waals surface area contributed by atoms with Crippen LogP contribution in [0.4, 0.5) is 0 Å². The van der Waals surface area contributed by atoms with E-state index in [1.54, 1.807) is 15.9 Å². The quantitative estimate of drug-likeness (QED) is 0.376. The second kappa shape index (κ2) is 12.3. The average molecular weight is 477 g/mol. The molecule has 1 heterocycles. The van der Waals surface area contributed by atoms with Crippen molar-refractivity contribution in [2.45, 2.75) is 60.0 Å². The SMILES string of the molecule is CCCC(=O)N(CCC(C)C)CC(=O)N(Cc1ccccc1)Cc1coc2ccc(C)cc2c1=O. The van der Waals surface area contributed by atoms with Gasteiger partial charge in [-0.3, -0.25) is 14.4 Å². The number of fused-ring (bicyclic) bond motifs is 1. The van der Waals surface area contributed by atoms with Gasteiger partial charge in [0, 0.05) is 19.5 Å². The molecule has 0 aliphatic carbocycles. The molecule has 6 nitrogen and oxygen atoms in total. The Bertz CT molecular complexity index is 1200. The summed E-state index contributed by atoms with van der Waals surface area (Å²) >= 11 is 0. The smallest absolute Gasteiger partial charge is 0.242 e. The minimum atomic E-state index is -0.189. The van der Waals surface area contributed by atoms with E-state index in [-0.39, 0.29) is 30.3 Å². The van der Waals surface area contributed by atoms with Crippen LogP contribution >= 0.6 is 0 Å². The van der Waals surface area contributed by atoms with Gasteiger partial charge in [-0.1, -0.05) is 62.7 Å². The molecule has 1 aromatic heterocycles. The fourth-order valence-electron chi connectivity index (χ4n) is 3.98. The van der Waals surface area contributed by atoms with Gasteiger partial charge in [0.1, 0.15) is 5.58 Å². The molecular weight excluding hydrogens is 440 g/mol. The third kappa shape index (κ3) is 7.28. The molecule has 0 bridgehead atoms. The van der Waals surface area contributed by atoms with Crippen LogP contribution in [0.25, 0.3) is 11.0 Å². The van der Waals surface area contributed by atoms with Crippen molar-refractivity contribution < 1.29 is 14.0 Å². The molecular formula is C29H36N2O4. The van der Waals surface area contributed by atoms with Crippen LogP contribution in [0.3, 0.4) is 0 Å². The molecule has 0 fully saturated rings. The number of hydrogen-bond donors (Lipinski definition) is 0. The highest BCUT2D eigenvalue weighted by molar-refractivity contribution is 5.85. The van der Waals surface area contributed by atoms with Gasteiger partial charge in [0.15, 0.2) is 5.43 Å². The summed E-state index contributed by atoms with van der Waals surface area (Å²) in [7, 11) is 0. The third-order valence-corrected chi connectivity index (χ3v) is 6.05. The maximum absolute atomic E-state index is 13.5. The molecule has 0 saturated heterocycles. The first kappa shape index (κ1) is 26.2. The van der Waals surface area contributed by atoms with Crippen molar-refractivity contribution in [2.75, 3.05) is 13.1 Å². The van der Waals surface area contributed by atoms with E-state index in [4.69, 9.17) is 4.42 Å². The molecule has 35 heavy (non-hydrogen) atoms. The van der Waals surface area contributed by atoms with E-state index in [9.17, 15) is 14.4 Å². The summed E-state index contributed by atoms with van der Waals surface area (Å²) in [6, 6.07) is 15.2. The lowest BCUT2D eigenvalue weighted by Crippen LogP contribution is -2.43. The molecule has 2 aromatic carbocycles. The molecule has 0 N–H and O–H groups in total. The number of nitrogens with zero attached hydrogens (tertiary/aromatic N) is 2. The second-order valence-electron chi connectivity index (χ2n) is 9.57. The predicted molar refractivity (Wildman–Crippen MR) is 139 cm³/mol. The van der Waals surface area contributed by atoms with Crippen LogP contribution in [0.5, 0.6) is 0 Å². The third-order valence-electron chi connectivity index (χ3n) is 6.05. The van der Waals surface area contributed by atoms with E-state index in [0.29, 0.717) is 42.0 Å². The minimum Gasteiger partial charge on any atom is -0.464 e. The highest BCUT2D eigenvalue weighted by atomic mass is 16.3. The number of carbonyl (C=O) groups is 2. The van der Waals surface area contributed by atoms with Crippen molar-refractivity contribution in [1.82, 2.24) is 9.80 Å². The molecule has 3 aromatic rings. The number of hydrogen-bond acceptors (Lipinski definition) is 4. The van der Waals surface area contributed by atoms with E-state index >= 15 is 0 Å². The Labute approximate surface area is 207 Å². The van der Waals surface area contributed by atoms with Gasteiger partial charge < -0.3 is 14.2 Å². The Balaban J connectivity index is 1.89. The van der Waals surface area contributed by atoms with Crippen molar-refractivity contribution in [3.8, 4) is 0 Å². The lowest BCUT2D eigenvalue weighted by Gasteiger charge is -2.28. The highest BCUT2D eigenvalue weighted by Gasteiger charge is 2.23. The Morgan fingerprint density at radius 2 is 1.71 bits per heavy atom. The van der Waals surface area contributed by atoms with Crippen LogP contribution in [-0.4, -0.2) is 34.7 Å². The van der Waals surface area contributed by atoms with Crippen LogP contribution in [-0.2, 0) is 22.7 Å². The number of benzene rings is 2. The predicted octanol–water partition coefficient (Wildman–Crippen LogP) is 5.31. The first-order valence-electron chi connectivity index (χ1n) is 12.4. The zero-order valence-corrected chi connectivity index (χ0v) is 21.3. The van der Waals surface area contributed by atoms with Gasteiger partial charge in [-0.25, -0.2) is 0 Å².